The molecular formula is C13H22N4O2. The Morgan fingerprint density at radius 2 is 2.05 bits per heavy atom. The number of nitrogens with one attached hydrogen (secondary N) is 3. The van der Waals surface area contributed by atoms with Gasteiger partial charge in [0.1, 0.15) is 0 Å². The van der Waals surface area contributed by atoms with Gasteiger partial charge in [-0.25, -0.2) is 0 Å². The molecule has 0 aliphatic carbocycles. The van der Waals surface area contributed by atoms with Gasteiger partial charge >= 0.3 is 0 Å². The number of amides is 2. The highest BCUT2D eigenvalue weighted by atomic mass is 16.2. The molecule has 106 valence electrons. The molecule has 0 bridgehead atoms. The number of aryl methyl sites for hydroxylation is 1. The molecule has 2 amide bonds. The number of rotatable bonds is 5. The fourth-order valence-electron chi connectivity index (χ4n) is 1.37. The molecule has 0 fully saturated rings. The Hall–Kier alpha value is -1.85. The van der Waals surface area contributed by atoms with Crippen LogP contribution in [-0.2, 0) is 16.0 Å². The zero-order valence-corrected chi connectivity index (χ0v) is 12.0. The van der Waals surface area contributed by atoms with E-state index in [2.05, 4.69) is 20.8 Å². The van der Waals surface area contributed by atoms with Gasteiger partial charge in [-0.3, -0.25) is 14.7 Å². The molecule has 6 nitrogen and oxygen atoms in total. The highest BCUT2D eigenvalue weighted by Crippen LogP contribution is 2.12. The van der Waals surface area contributed by atoms with E-state index in [1.807, 2.05) is 27.7 Å². The van der Waals surface area contributed by atoms with Crippen LogP contribution in [0.4, 0.5) is 5.82 Å². The summed E-state index contributed by atoms with van der Waals surface area (Å²) in [5.74, 6) is 0.292. The molecule has 0 unspecified atom stereocenters. The maximum Gasteiger partial charge on any atom is 0.227 e. The smallest absolute Gasteiger partial charge is 0.227 e. The molecule has 0 aromatic carbocycles. The predicted octanol–water partition coefficient (Wildman–Crippen LogP) is 1.46. The fourth-order valence-corrected chi connectivity index (χ4v) is 1.37. The Kier molecular flexibility index (Phi) is 5.09. The molecule has 0 radical (unpaired) electrons. The topological polar surface area (TPSA) is 86.9 Å². The van der Waals surface area contributed by atoms with E-state index >= 15 is 0 Å². The number of hydrogen-bond donors (Lipinski definition) is 3. The van der Waals surface area contributed by atoms with E-state index in [4.69, 9.17) is 0 Å². The molecule has 0 saturated carbocycles. The molecule has 1 aromatic heterocycles. The van der Waals surface area contributed by atoms with E-state index in [9.17, 15) is 9.59 Å². The Morgan fingerprint density at radius 1 is 1.37 bits per heavy atom. The van der Waals surface area contributed by atoms with Crippen LogP contribution in [0, 0.1) is 5.41 Å². The zero-order chi connectivity index (χ0) is 14.5. The van der Waals surface area contributed by atoms with Crippen LogP contribution in [0.25, 0.3) is 0 Å². The molecule has 1 aromatic rings. The number of carbonyl (C=O) groups is 2. The minimum atomic E-state index is -0.436. The monoisotopic (exact) mass is 266 g/mol. The van der Waals surface area contributed by atoms with Gasteiger partial charge in [0, 0.05) is 30.1 Å². The minimum Gasteiger partial charge on any atom is -0.355 e. The van der Waals surface area contributed by atoms with Crippen LogP contribution in [0.5, 0.6) is 0 Å². The summed E-state index contributed by atoms with van der Waals surface area (Å²) in [5, 5.41) is 12.2. The van der Waals surface area contributed by atoms with Crippen LogP contribution in [0.3, 0.4) is 0 Å². The lowest BCUT2D eigenvalue weighted by atomic mass is 9.96. The molecule has 0 saturated heterocycles. The summed E-state index contributed by atoms with van der Waals surface area (Å²) in [6, 6.07) is 1.80. The van der Waals surface area contributed by atoms with Crippen LogP contribution in [0.15, 0.2) is 6.07 Å². The first-order valence-corrected chi connectivity index (χ1v) is 6.45. The predicted molar refractivity (Wildman–Crippen MR) is 73.7 cm³/mol. The van der Waals surface area contributed by atoms with Gasteiger partial charge in [0.25, 0.3) is 0 Å². The average Bonchev–Trinajstić information content (AvgIpc) is 2.75. The van der Waals surface area contributed by atoms with Crippen molar-refractivity contribution < 1.29 is 9.59 Å². The molecule has 1 heterocycles. The van der Waals surface area contributed by atoms with E-state index in [-0.39, 0.29) is 18.2 Å². The van der Waals surface area contributed by atoms with E-state index in [1.165, 1.54) is 0 Å². The van der Waals surface area contributed by atoms with Gasteiger partial charge in [0.05, 0.1) is 0 Å². The van der Waals surface area contributed by atoms with Gasteiger partial charge in [-0.2, -0.15) is 5.10 Å². The molecule has 0 aliphatic heterocycles. The zero-order valence-electron chi connectivity index (χ0n) is 12.0. The second-order valence-electron chi connectivity index (χ2n) is 5.44. The van der Waals surface area contributed by atoms with Crippen molar-refractivity contribution in [3.8, 4) is 0 Å². The maximum absolute atomic E-state index is 11.6. The number of aromatic amines is 1. The molecule has 19 heavy (non-hydrogen) atoms. The van der Waals surface area contributed by atoms with E-state index in [1.54, 1.807) is 6.07 Å². The van der Waals surface area contributed by atoms with Crippen molar-refractivity contribution in [2.45, 2.75) is 40.5 Å². The Balaban J connectivity index is 2.30. The van der Waals surface area contributed by atoms with Crippen LogP contribution in [0.1, 0.15) is 39.8 Å². The summed E-state index contributed by atoms with van der Waals surface area (Å²) >= 11 is 0. The number of aromatic nitrogens is 2. The third-order valence-corrected chi connectivity index (χ3v) is 2.60. The lowest BCUT2D eigenvalue weighted by Gasteiger charge is -2.17. The van der Waals surface area contributed by atoms with Crippen molar-refractivity contribution >= 4 is 17.6 Å². The van der Waals surface area contributed by atoms with Crippen LogP contribution >= 0.6 is 0 Å². The Bertz CT molecular complexity index is 446. The molecule has 0 aliphatic rings. The Morgan fingerprint density at radius 3 is 2.58 bits per heavy atom. The van der Waals surface area contributed by atoms with Gasteiger partial charge < -0.3 is 10.6 Å². The lowest BCUT2D eigenvalue weighted by molar-refractivity contribution is -0.128. The summed E-state index contributed by atoms with van der Waals surface area (Å²) in [7, 11) is 0. The number of H-pyrrole nitrogens is 1. The lowest BCUT2D eigenvalue weighted by Crippen LogP contribution is -2.36. The normalized spacial score (nSPS) is 11.2. The van der Waals surface area contributed by atoms with E-state index < -0.39 is 5.41 Å². The number of anilines is 1. The van der Waals surface area contributed by atoms with E-state index in [0.29, 0.717) is 12.4 Å². The second kappa shape index (κ2) is 6.36. The molecule has 1 rings (SSSR count). The van der Waals surface area contributed by atoms with Crippen molar-refractivity contribution in [2.75, 3.05) is 11.9 Å². The van der Waals surface area contributed by atoms with Crippen molar-refractivity contribution in [2.24, 2.45) is 5.41 Å². The molecule has 0 spiro atoms. The van der Waals surface area contributed by atoms with E-state index in [0.717, 1.165) is 12.1 Å². The van der Waals surface area contributed by atoms with Gasteiger partial charge in [0.2, 0.25) is 11.8 Å². The number of carbonyl (C=O) groups excluding carboxylic acids is 2. The van der Waals surface area contributed by atoms with Gasteiger partial charge in [-0.1, -0.05) is 27.7 Å². The third-order valence-electron chi connectivity index (χ3n) is 2.60. The number of nitrogens with zero attached hydrogens (tertiary/aromatic N) is 1. The SMILES string of the molecule is CCc1cc(NC(=O)CCNC(=O)C(C)(C)C)n[nH]1. The van der Waals surface area contributed by atoms with Gasteiger partial charge in [0.15, 0.2) is 5.82 Å². The average molecular weight is 266 g/mol. The van der Waals surface area contributed by atoms with Crippen LogP contribution in [0.2, 0.25) is 0 Å². The molecule has 6 heteroatoms. The highest BCUT2D eigenvalue weighted by Gasteiger charge is 2.20. The van der Waals surface area contributed by atoms with Crippen molar-refractivity contribution in [3.05, 3.63) is 11.8 Å². The standard InChI is InChI=1S/C13H22N4O2/c1-5-9-8-10(17-16-9)15-11(18)6-7-14-12(19)13(2,3)4/h8H,5-7H2,1-4H3,(H,14,19)(H2,15,16,17,18). The van der Waals surface area contributed by atoms with Crippen molar-refractivity contribution in [1.82, 2.24) is 15.5 Å². The van der Waals surface area contributed by atoms with Crippen LogP contribution < -0.4 is 10.6 Å². The van der Waals surface area contributed by atoms with Gasteiger partial charge in [-0.15, -0.1) is 0 Å². The summed E-state index contributed by atoms with van der Waals surface area (Å²) in [6.07, 6.45) is 1.07. The number of hydrogen-bond acceptors (Lipinski definition) is 3. The largest absolute Gasteiger partial charge is 0.355 e. The first-order chi connectivity index (χ1) is 8.82. The molecular weight excluding hydrogens is 244 g/mol. The summed E-state index contributed by atoms with van der Waals surface area (Å²) in [5.41, 5.74) is 0.533. The quantitative estimate of drug-likeness (QED) is 0.754. The first kappa shape index (κ1) is 15.2. The third kappa shape index (κ3) is 5.11. The molecule has 3 N–H and O–H groups in total. The highest BCUT2D eigenvalue weighted by molar-refractivity contribution is 5.90. The first-order valence-electron chi connectivity index (χ1n) is 6.45. The van der Waals surface area contributed by atoms with Crippen LogP contribution in [-0.4, -0.2) is 28.6 Å². The van der Waals surface area contributed by atoms with Gasteiger partial charge in [-0.05, 0) is 6.42 Å². The summed E-state index contributed by atoms with van der Waals surface area (Å²) in [6.45, 7) is 7.82. The minimum absolute atomic E-state index is 0.0617. The summed E-state index contributed by atoms with van der Waals surface area (Å²) < 4.78 is 0. The summed E-state index contributed by atoms with van der Waals surface area (Å²) in [4.78, 5) is 23.2. The molecule has 0 atom stereocenters. The second-order valence-corrected chi connectivity index (χ2v) is 5.44. The fraction of sp³-hybridized carbons (Fsp3) is 0.615. The maximum atomic E-state index is 11.6. The van der Waals surface area contributed by atoms with Crippen molar-refractivity contribution in [3.63, 3.8) is 0 Å². The van der Waals surface area contributed by atoms with Crippen molar-refractivity contribution in [1.29, 1.82) is 0 Å². The Labute approximate surface area is 113 Å².